The molecule has 2 heterocycles. The normalized spacial score (nSPS) is 21.2. The van der Waals surface area contributed by atoms with Crippen molar-refractivity contribution in [2.75, 3.05) is 19.6 Å². The van der Waals surface area contributed by atoms with Crippen molar-refractivity contribution in [3.05, 3.63) is 42.5 Å². The van der Waals surface area contributed by atoms with Crippen LogP contribution in [0.25, 0.3) is 0 Å². The van der Waals surface area contributed by atoms with Crippen molar-refractivity contribution >= 4 is 11.8 Å². The summed E-state index contributed by atoms with van der Waals surface area (Å²) in [5.41, 5.74) is 1.14. The number of hydrogen-bond donors (Lipinski definition) is 0. The monoisotopic (exact) mass is 342 g/mol. The van der Waals surface area contributed by atoms with Crippen LogP contribution in [-0.4, -0.2) is 47.4 Å². The van der Waals surface area contributed by atoms with Crippen molar-refractivity contribution in [1.29, 1.82) is 0 Å². The predicted molar refractivity (Wildman–Crippen MR) is 96.2 cm³/mol. The Balaban J connectivity index is 1.62. The van der Waals surface area contributed by atoms with Gasteiger partial charge in [-0.2, -0.15) is 0 Å². The molecule has 0 N–H and O–H groups in total. The molecule has 3 rings (SSSR count). The van der Waals surface area contributed by atoms with E-state index in [2.05, 4.69) is 18.7 Å². The number of carbonyl (C=O) groups excluding carboxylic acids is 2. The number of rotatable bonds is 4. The molecule has 1 atom stereocenters. The maximum absolute atomic E-state index is 11.8. The third kappa shape index (κ3) is 4.03. The zero-order chi connectivity index (χ0) is 17.8. The minimum absolute atomic E-state index is 0.00833. The van der Waals surface area contributed by atoms with Crippen LogP contribution in [0.15, 0.2) is 36.9 Å². The summed E-state index contributed by atoms with van der Waals surface area (Å²) in [6.45, 7) is 7.42. The zero-order valence-electron chi connectivity index (χ0n) is 14.8. The lowest BCUT2D eigenvalue weighted by Gasteiger charge is -2.31. The molecule has 5 nitrogen and oxygen atoms in total. The van der Waals surface area contributed by atoms with Crippen LogP contribution < -0.4 is 4.74 Å². The molecule has 2 saturated heterocycles. The van der Waals surface area contributed by atoms with E-state index in [1.54, 1.807) is 6.92 Å². The van der Waals surface area contributed by atoms with E-state index in [0.29, 0.717) is 13.1 Å². The van der Waals surface area contributed by atoms with E-state index >= 15 is 0 Å². The van der Waals surface area contributed by atoms with E-state index in [-0.39, 0.29) is 24.0 Å². The van der Waals surface area contributed by atoms with Crippen molar-refractivity contribution in [3.63, 3.8) is 0 Å². The van der Waals surface area contributed by atoms with E-state index in [9.17, 15) is 9.59 Å². The fraction of sp³-hybridized carbons (Fsp3) is 0.500. The van der Waals surface area contributed by atoms with Crippen molar-refractivity contribution in [2.45, 2.75) is 44.8 Å². The van der Waals surface area contributed by atoms with Gasteiger partial charge in [-0.3, -0.25) is 9.59 Å². The van der Waals surface area contributed by atoms with Crippen LogP contribution in [-0.2, 0) is 9.59 Å². The van der Waals surface area contributed by atoms with E-state index in [4.69, 9.17) is 4.74 Å². The Bertz CT molecular complexity index is 650. The van der Waals surface area contributed by atoms with Gasteiger partial charge in [0, 0.05) is 39.4 Å². The van der Waals surface area contributed by atoms with Crippen LogP contribution in [0.2, 0.25) is 0 Å². The third-order valence-electron chi connectivity index (χ3n) is 5.13. The molecule has 134 valence electrons. The maximum Gasteiger partial charge on any atom is 0.245 e. The highest BCUT2D eigenvalue weighted by Gasteiger charge is 2.28. The Morgan fingerprint density at radius 1 is 1.20 bits per heavy atom. The maximum atomic E-state index is 11.8. The largest absolute Gasteiger partial charge is 0.490 e. The first-order chi connectivity index (χ1) is 12.1. The van der Waals surface area contributed by atoms with Crippen molar-refractivity contribution in [3.8, 4) is 5.75 Å². The van der Waals surface area contributed by atoms with Crippen molar-refractivity contribution < 1.29 is 14.3 Å². The van der Waals surface area contributed by atoms with Crippen LogP contribution in [0.3, 0.4) is 0 Å². The Kier molecular flexibility index (Phi) is 5.41. The minimum atomic E-state index is -0.00833. The fourth-order valence-corrected chi connectivity index (χ4v) is 3.80. The lowest BCUT2D eigenvalue weighted by Crippen LogP contribution is -2.41. The van der Waals surface area contributed by atoms with Gasteiger partial charge in [0.1, 0.15) is 11.9 Å². The summed E-state index contributed by atoms with van der Waals surface area (Å²) in [6.07, 6.45) is 5.19. The summed E-state index contributed by atoms with van der Waals surface area (Å²) in [6, 6.07) is 8.26. The molecule has 2 aliphatic heterocycles. The van der Waals surface area contributed by atoms with Crippen LogP contribution in [0.4, 0.5) is 0 Å². The molecule has 0 bridgehead atoms. The minimum Gasteiger partial charge on any atom is -0.490 e. The van der Waals surface area contributed by atoms with E-state index in [1.807, 2.05) is 21.9 Å². The van der Waals surface area contributed by atoms with Crippen molar-refractivity contribution in [2.24, 2.45) is 0 Å². The summed E-state index contributed by atoms with van der Waals surface area (Å²) < 4.78 is 6.15. The molecular weight excluding hydrogens is 316 g/mol. The van der Waals surface area contributed by atoms with Gasteiger partial charge in [0.2, 0.25) is 11.8 Å². The number of piperidine rings is 1. The van der Waals surface area contributed by atoms with Crippen LogP contribution in [0.5, 0.6) is 5.75 Å². The van der Waals surface area contributed by atoms with Gasteiger partial charge in [-0.15, -0.1) is 0 Å². The summed E-state index contributed by atoms with van der Waals surface area (Å²) in [4.78, 5) is 27.2. The molecule has 0 aromatic heterocycles. The standard InChI is InChI=1S/C20H26N2O3/c1-3-20(24)21-12-9-17(10-13-21)25-18-7-4-6-16(14-18)19-8-5-11-22(19)15(2)23/h3-4,6-7,14,17,19H,1,5,8-13H2,2H3. The predicted octanol–water partition coefficient (Wildman–Crippen LogP) is 2.93. The van der Waals surface area contributed by atoms with Gasteiger partial charge in [0.15, 0.2) is 0 Å². The van der Waals surface area contributed by atoms with Crippen molar-refractivity contribution in [1.82, 2.24) is 9.80 Å². The van der Waals surface area contributed by atoms with Crippen LogP contribution in [0, 0.1) is 0 Å². The Morgan fingerprint density at radius 3 is 2.64 bits per heavy atom. The van der Waals surface area contributed by atoms with Gasteiger partial charge < -0.3 is 14.5 Å². The van der Waals surface area contributed by atoms with E-state index < -0.39 is 0 Å². The topological polar surface area (TPSA) is 49.9 Å². The van der Waals surface area contributed by atoms with Gasteiger partial charge in [-0.05, 0) is 36.6 Å². The number of benzene rings is 1. The smallest absolute Gasteiger partial charge is 0.245 e. The molecule has 0 saturated carbocycles. The van der Waals surface area contributed by atoms with Gasteiger partial charge in [-0.1, -0.05) is 18.7 Å². The molecule has 5 heteroatoms. The van der Waals surface area contributed by atoms with Gasteiger partial charge in [-0.25, -0.2) is 0 Å². The molecule has 2 aliphatic rings. The fourth-order valence-electron chi connectivity index (χ4n) is 3.80. The molecule has 0 aliphatic carbocycles. The second kappa shape index (κ2) is 7.72. The molecule has 25 heavy (non-hydrogen) atoms. The first-order valence-corrected chi connectivity index (χ1v) is 9.03. The molecule has 0 radical (unpaired) electrons. The molecule has 1 aromatic carbocycles. The Labute approximate surface area is 149 Å². The Hall–Kier alpha value is -2.30. The summed E-state index contributed by atoms with van der Waals surface area (Å²) in [5.74, 6) is 0.973. The average Bonchev–Trinajstić information content (AvgIpc) is 3.12. The molecule has 2 fully saturated rings. The lowest BCUT2D eigenvalue weighted by atomic mass is 10.0. The highest BCUT2D eigenvalue weighted by atomic mass is 16.5. The van der Waals surface area contributed by atoms with E-state index in [0.717, 1.165) is 43.5 Å². The number of amides is 2. The van der Waals surface area contributed by atoms with Crippen LogP contribution in [0.1, 0.15) is 44.2 Å². The van der Waals surface area contributed by atoms with Crippen LogP contribution >= 0.6 is 0 Å². The summed E-state index contributed by atoms with van der Waals surface area (Å²) in [5, 5.41) is 0. The Morgan fingerprint density at radius 2 is 1.96 bits per heavy atom. The first-order valence-electron chi connectivity index (χ1n) is 9.03. The molecule has 1 unspecified atom stereocenters. The highest BCUT2D eigenvalue weighted by molar-refractivity contribution is 5.87. The number of likely N-dealkylation sites (tertiary alicyclic amines) is 2. The molecule has 0 spiro atoms. The molecule has 1 aromatic rings. The SMILES string of the molecule is C=CC(=O)N1CCC(Oc2cccc(C3CCCN3C(C)=O)c2)CC1. The first kappa shape index (κ1) is 17.5. The number of carbonyl (C=O) groups is 2. The molecular formula is C20H26N2O3. The quantitative estimate of drug-likeness (QED) is 0.791. The number of nitrogens with zero attached hydrogens (tertiary/aromatic N) is 2. The second-order valence-electron chi connectivity index (χ2n) is 6.79. The summed E-state index contributed by atoms with van der Waals surface area (Å²) in [7, 11) is 0. The van der Waals surface area contributed by atoms with Gasteiger partial charge >= 0.3 is 0 Å². The number of hydrogen-bond acceptors (Lipinski definition) is 3. The highest BCUT2D eigenvalue weighted by Crippen LogP contribution is 2.33. The third-order valence-corrected chi connectivity index (χ3v) is 5.13. The number of ether oxygens (including phenoxy) is 1. The van der Waals surface area contributed by atoms with Gasteiger partial charge in [0.05, 0.1) is 6.04 Å². The summed E-state index contributed by atoms with van der Waals surface area (Å²) >= 11 is 0. The lowest BCUT2D eigenvalue weighted by molar-refractivity contribution is -0.130. The van der Waals surface area contributed by atoms with E-state index in [1.165, 1.54) is 6.08 Å². The molecule has 2 amide bonds. The average molecular weight is 342 g/mol. The second-order valence-corrected chi connectivity index (χ2v) is 6.79. The zero-order valence-corrected chi connectivity index (χ0v) is 14.8. The van der Waals surface area contributed by atoms with Gasteiger partial charge in [0.25, 0.3) is 0 Å².